The Morgan fingerprint density at radius 3 is 1.36 bits per heavy atom. The Bertz CT molecular complexity index is 1130. The van der Waals surface area contributed by atoms with Gasteiger partial charge in [-0.2, -0.15) is 0 Å². The standard InChI is InChI=1S/C39H63N3O3/c1-36(2,3)28-20-16-26(17-21-28)33(43)40-30-14-13-15-31(41-34(44)27-18-22-29(23-19-27)37(4,5)6)32(30)42-35(45)39(38(7,8)9)24-11-10-12-25-39/h13-15,26-29H,10-12,16-25H2,1-9H3,(H,40,43)(H,41,44)(H,42,45). The highest BCUT2D eigenvalue weighted by atomic mass is 16.2. The van der Waals surface area contributed by atoms with Gasteiger partial charge in [-0.05, 0) is 104 Å². The van der Waals surface area contributed by atoms with Gasteiger partial charge in [0.05, 0.1) is 22.5 Å². The third-order valence-electron chi connectivity index (χ3n) is 12.0. The lowest BCUT2D eigenvalue weighted by molar-refractivity contribution is -0.135. The molecule has 0 aromatic heterocycles. The fourth-order valence-electron chi connectivity index (χ4n) is 8.51. The summed E-state index contributed by atoms with van der Waals surface area (Å²) in [4.78, 5) is 41.7. The minimum absolute atomic E-state index is 0.00467. The minimum atomic E-state index is -0.514. The van der Waals surface area contributed by atoms with Crippen LogP contribution in [0.5, 0.6) is 0 Å². The van der Waals surface area contributed by atoms with Gasteiger partial charge in [-0.3, -0.25) is 14.4 Å². The van der Waals surface area contributed by atoms with Crippen LogP contribution in [-0.2, 0) is 14.4 Å². The van der Waals surface area contributed by atoms with E-state index in [0.717, 1.165) is 83.5 Å². The molecule has 0 unspecified atom stereocenters. The van der Waals surface area contributed by atoms with E-state index in [1.165, 1.54) is 0 Å². The van der Waals surface area contributed by atoms with Crippen LogP contribution >= 0.6 is 0 Å². The Hall–Kier alpha value is -2.37. The largest absolute Gasteiger partial charge is 0.324 e. The molecule has 3 saturated carbocycles. The summed E-state index contributed by atoms with van der Waals surface area (Å²) in [6.07, 6.45) is 12.6. The van der Waals surface area contributed by atoms with Gasteiger partial charge in [0.15, 0.2) is 0 Å². The zero-order chi connectivity index (χ0) is 33.2. The van der Waals surface area contributed by atoms with E-state index in [-0.39, 0.29) is 45.8 Å². The molecule has 3 aliphatic carbocycles. The third-order valence-corrected chi connectivity index (χ3v) is 12.0. The second-order valence-electron chi connectivity index (χ2n) is 17.9. The maximum atomic E-state index is 14.3. The molecule has 0 bridgehead atoms. The van der Waals surface area contributed by atoms with Gasteiger partial charge in [0.1, 0.15) is 0 Å². The Kier molecular flexibility index (Phi) is 10.9. The molecule has 45 heavy (non-hydrogen) atoms. The molecule has 0 radical (unpaired) electrons. The van der Waals surface area contributed by atoms with E-state index in [1.54, 1.807) is 0 Å². The van der Waals surface area contributed by atoms with Crippen molar-refractivity contribution in [1.29, 1.82) is 0 Å². The fourth-order valence-corrected chi connectivity index (χ4v) is 8.51. The van der Waals surface area contributed by atoms with Crippen LogP contribution in [0.2, 0.25) is 0 Å². The molecule has 3 fully saturated rings. The molecular formula is C39H63N3O3. The van der Waals surface area contributed by atoms with Crippen molar-refractivity contribution < 1.29 is 14.4 Å². The highest BCUT2D eigenvalue weighted by Crippen LogP contribution is 2.51. The predicted octanol–water partition coefficient (Wildman–Crippen LogP) is 10.2. The molecule has 3 N–H and O–H groups in total. The molecule has 6 nitrogen and oxygen atoms in total. The number of benzene rings is 1. The Morgan fingerprint density at radius 1 is 0.600 bits per heavy atom. The number of carbonyl (C=O) groups is 3. The van der Waals surface area contributed by atoms with Crippen LogP contribution in [0.15, 0.2) is 18.2 Å². The zero-order valence-corrected chi connectivity index (χ0v) is 30.0. The van der Waals surface area contributed by atoms with Crippen molar-refractivity contribution in [2.24, 2.45) is 45.3 Å². The van der Waals surface area contributed by atoms with Gasteiger partial charge in [0.2, 0.25) is 17.7 Å². The molecule has 6 heteroatoms. The van der Waals surface area contributed by atoms with Gasteiger partial charge >= 0.3 is 0 Å². The van der Waals surface area contributed by atoms with Crippen molar-refractivity contribution in [3.63, 3.8) is 0 Å². The van der Waals surface area contributed by atoms with Crippen LogP contribution in [0.25, 0.3) is 0 Å². The van der Waals surface area contributed by atoms with E-state index >= 15 is 0 Å². The van der Waals surface area contributed by atoms with Crippen molar-refractivity contribution in [1.82, 2.24) is 0 Å². The van der Waals surface area contributed by atoms with Crippen LogP contribution < -0.4 is 16.0 Å². The Labute approximate surface area is 274 Å². The maximum absolute atomic E-state index is 14.3. The molecule has 0 saturated heterocycles. The Morgan fingerprint density at radius 2 is 1.00 bits per heavy atom. The molecule has 252 valence electrons. The first-order valence-corrected chi connectivity index (χ1v) is 18.0. The summed E-state index contributed by atoms with van der Waals surface area (Å²) in [5.74, 6) is 1.14. The molecule has 0 aliphatic heterocycles. The summed E-state index contributed by atoms with van der Waals surface area (Å²) < 4.78 is 0. The monoisotopic (exact) mass is 621 g/mol. The van der Waals surface area contributed by atoms with E-state index in [1.807, 2.05) is 18.2 Å². The molecule has 4 rings (SSSR count). The van der Waals surface area contributed by atoms with Crippen molar-refractivity contribution in [2.75, 3.05) is 16.0 Å². The molecular weight excluding hydrogens is 558 g/mol. The molecule has 1 aromatic rings. The van der Waals surface area contributed by atoms with E-state index in [2.05, 4.69) is 78.3 Å². The van der Waals surface area contributed by atoms with Crippen LogP contribution in [0.4, 0.5) is 17.1 Å². The summed E-state index contributed by atoms with van der Waals surface area (Å²) in [7, 11) is 0. The van der Waals surface area contributed by atoms with Gasteiger partial charge in [0.25, 0.3) is 0 Å². The fraction of sp³-hybridized carbons (Fsp3) is 0.769. The SMILES string of the molecule is CC(C)(C)C1CCC(C(=O)Nc2cccc(NC(=O)C3CCC(C(C)(C)C)CC3)c2NC(=O)C2(C(C)(C)C)CCCCC2)CC1. The van der Waals surface area contributed by atoms with Crippen molar-refractivity contribution >= 4 is 34.8 Å². The second-order valence-corrected chi connectivity index (χ2v) is 17.9. The zero-order valence-electron chi connectivity index (χ0n) is 30.0. The highest BCUT2D eigenvalue weighted by Gasteiger charge is 2.49. The first-order valence-electron chi connectivity index (χ1n) is 18.0. The first-order chi connectivity index (χ1) is 20.9. The highest BCUT2D eigenvalue weighted by molar-refractivity contribution is 6.08. The molecule has 0 spiro atoms. The number of hydrogen-bond acceptors (Lipinski definition) is 3. The summed E-state index contributed by atoms with van der Waals surface area (Å²) in [5, 5.41) is 9.71. The van der Waals surface area contributed by atoms with Crippen LogP contribution in [-0.4, -0.2) is 17.7 Å². The normalized spacial score (nSPS) is 26.1. The summed E-state index contributed by atoms with van der Waals surface area (Å²) in [6.45, 7) is 20.2. The van der Waals surface area contributed by atoms with Gasteiger partial charge in [0, 0.05) is 11.8 Å². The average molecular weight is 622 g/mol. The topological polar surface area (TPSA) is 87.3 Å². The van der Waals surface area contributed by atoms with Gasteiger partial charge < -0.3 is 16.0 Å². The lowest BCUT2D eigenvalue weighted by Crippen LogP contribution is -2.47. The predicted molar refractivity (Wildman–Crippen MR) is 187 cm³/mol. The van der Waals surface area contributed by atoms with E-state index in [4.69, 9.17) is 0 Å². The van der Waals surface area contributed by atoms with E-state index < -0.39 is 5.41 Å². The summed E-state index contributed by atoms with van der Waals surface area (Å²) in [6, 6.07) is 5.60. The van der Waals surface area contributed by atoms with Gasteiger partial charge in [-0.25, -0.2) is 0 Å². The number of para-hydroxylation sites is 1. The number of carbonyl (C=O) groups excluding carboxylic acids is 3. The average Bonchev–Trinajstić information content (AvgIpc) is 2.97. The number of rotatable bonds is 6. The number of anilines is 3. The molecule has 3 amide bonds. The second kappa shape index (κ2) is 13.8. The van der Waals surface area contributed by atoms with Crippen molar-refractivity contribution in [3.05, 3.63) is 18.2 Å². The van der Waals surface area contributed by atoms with E-state index in [0.29, 0.717) is 28.9 Å². The third kappa shape index (κ3) is 8.32. The minimum Gasteiger partial charge on any atom is -0.324 e. The first kappa shape index (κ1) is 35.5. The quantitative estimate of drug-likeness (QED) is 0.295. The van der Waals surface area contributed by atoms with Gasteiger partial charge in [-0.1, -0.05) is 87.6 Å². The lowest BCUT2D eigenvalue weighted by atomic mass is 9.59. The van der Waals surface area contributed by atoms with Gasteiger partial charge in [-0.15, -0.1) is 0 Å². The van der Waals surface area contributed by atoms with E-state index in [9.17, 15) is 14.4 Å². The molecule has 0 atom stereocenters. The number of amides is 3. The van der Waals surface area contributed by atoms with Crippen LogP contribution in [0.3, 0.4) is 0 Å². The summed E-state index contributed by atoms with van der Waals surface area (Å²) >= 11 is 0. The van der Waals surface area contributed by atoms with Crippen LogP contribution in [0, 0.1) is 45.3 Å². The molecule has 1 aromatic carbocycles. The number of hydrogen-bond donors (Lipinski definition) is 3. The lowest BCUT2D eigenvalue weighted by Gasteiger charge is -2.46. The maximum Gasteiger partial charge on any atom is 0.231 e. The van der Waals surface area contributed by atoms with Crippen molar-refractivity contribution in [3.8, 4) is 0 Å². The molecule has 3 aliphatic rings. The summed E-state index contributed by atoms with van der Waals surface area (Å²) in [5.41, 5.74) is 1.42. The van der Waals surface area contributed by atoms with Crippen molar-refractivity contribution in [2.45, 2.75) is 146 Å². The number of nitrogens with one attached hydrogen (secondary N) is 3. The van der Waals surface area contributed by atoms with Crippen LogP contribution in [0.1, 0.15) is 146 Å². The Balaban J connectivity index is 1.58. The molecule has 0 heterocycles. The smallest absolute Gasteiger partial charge is 0.231 e.